The van der Waals surface area contributed by atoms with Crippen LogP contribution in [0.25, 0.3) is 0 Å². The average Bonchev–Trinajstić information content (AvgIpc) is 2.26. The van der Waals surface area contributed by atoms with Gasteiger partial charge in [0.1, 0.15) is 5.78 Å². The van der Waals surface area contributed by atoms with E-state index in [4.69, 9.17) is 5.26 Å². The van der Waals surface area contributed by atoms with Crippen LogP contribution in [0.4, 0.5) is 0 Å². The number of Topliss-reactive ketones (excluding diaryl/α,β-unsaturated/α-hetero) is 1. The van der Waals surface area contributed by atoms with E-state index in [9.17, 15) is 4.79 Å². The van der Waals surface area contributed by atoms with Crippen LogP contribution in [0.5, 0.6) is 0 Å². The topological polar surface area (TPSA) is 40.9 Å². The number of carbonyl (C=O) groups is 1. The van der Waals surface area contributed by atoms with E-state index in [2.05, 4.69) is 6.07 Å². The molecule has 0 aliphatic carbocycles. The van der Waals surface area contributed by atoms with Gasteiger partial charge in [-0.05, 0) is 24.1 Å². The van der Waals surface area contributed by atoms with Gasteiger partial charge in [-0.2, -0.15) is 5.26 Å². The van der Waals surface area contributed by atoms with Crippen molar-refractivity contribution in [3.05, 3.63) is 35.4 Å². The van der Waals surface area contributed by atoms with Crippen molar-refractivity contribution >= 4 is 5.78 Å². The average molecular weight is 201 g/mol. The fourth-order valence-electron chi connectivity index (χ4n) is 1.35. The number of rotatable bonds is 4. The zero-order chi connectivity index (χ0) is 11.3. The first kappa shape index (κ1) is 11.5. The molecule has 0 unspecified atom stereocenters. The zero-order valence-electron chi connectivity index (χ0n) is 9.16. The van der Waals surface area contributed by atoms with Crippen LogP contribution in [0.3, 0.4) is 0 Å². The molecule has 2 heteroatoms. The molecule has 1 aromatic rings. The van der Waals surface area contributed by atoms with Gasteiger partial charge in [-0.25, -0.2) is 0 Å². The predicted molar refractivity (Wildman–Crippen MR) is 59.3 cm³/mol. The molecule has 0 amide bonds. The van der Waals surface area contributed by atoms with Crippen LogP contribution in [0.2, 0.25) is 0 Å². The largest absolute Gasteiger partial charge is 0.299 e. The molecule has 0 aromatic heterocycles. The molecule has 2 nitrogen and oxygen atoms in total. The van der Waals surface area contributed by atoms with E-state index in [-0.39, 0.29) is 11.7 Å². The minimum Gasteiger partial charge on any atom is -0.299 e. The summed E-state index contributed by atoms with van der Waals surface area (Å²) in [4.78, 5) is 11.4. The highest BCUT2D eigenvalue weighted by Crippen LogP contribution is 2.09. The minimum absolute atomic E-state index is 0.101. The van der Waals surface area contributed by atoms with Crippen molar-refractivity contribution in [3.63, 3.8) is 0 Å². The van der Waals surface area contributed by atoms with E-state index >= 15 is 0 Å². The Kier molecular flexibility index (Phi) is 4.05. The quantitative estimate of drug-likeness (QED) is 0.751. The monoisotopic (exact) mass is 201 g/mol. The number of hydrogen-bond donors (Lipinski definition) is 0. The van der Waals surface area contributed by atoms with Crippen LogP contribution in [0.15, 0.2) is 24.3 Å². The molecule has 1 rings (SSSR count). The molecular weight excluding hydrogens is 186 g/mol. The fourth-order valence-corrected chi connectivity index (χ4v) is 1.35. The first-order valence-corrected chi connectivity index (χ1v) is 5.15. The van der Waals surface area contributed by atoms with Crippen LogP contribution in [0.1, 0.15) is 31.4 Å². The van der Waals surface area contributed by atoms with Crippen LogP contribution < -0.4 is 0 Å². The standard InChI is InChI=1S/C13H15NO/c1-10(2)13(15)7-6-11-4-3-5-12(8-11)9-14/h3-5,8,10H,6-7H2,1-2H3. The summed E-state index contributed by atoms with van der Waals surface area (Å²) in [7, 11) is 0. The molecule has 0 fully saturated rings. The predicted octanol–water partition coefficient (Wildman–Crippen LogP) is 2.72. The Labute approximate surface area is 90.5 Å². The number of nitriles is 1. The molecular formula is C13H15NO. The van der Waals surface area contributed by atoms with Gasteiger partial charge in [0, 0.05) is 12.3 Å². The lowest BCUT2D eigenvalue weighted by Crippen LogP contribution is -2.07. The normalized spacial score (nSPS) is 10.0. The summed E-state index contributed by atoms with van der Waals surface area (Å²) >= 11 is 0. The van der Waals surface area contributed by atoms with Gasteiger partial charge in [0.2, 0.25) is 0 Å². The SMILES string of the molecule is CC(C)C(=O)CCc1cccc(C#N)c1. The van der Waals surface area contributed by atoms with Gasteiger partial charge < -0.3 is 0 Å². The summed E-state index contributed by atoms with van der Waals surface area (Å²) in [5.41, 5.74) is 1.72. The third kappa shape index (κ3) is 3.55. The molecule has 0 saturated carbocycles. The van der Waals surface area contributed by atoms with Crippen LogP contribution in [0, 0.1) is 17.2 Å². The summed E-state index contributed by atoms with van der Waals surface area (Å²) in [5, 5.41) is 8.71. The number of nitrogens with zero attached hydrogens (tertiary/aromatic N) is 1. The Morgan fingerprint density at radius 3 is 2.80 bits per heavy atom. The maximum absolute atomic E-state index is 11.4. The molecule has 0 radical (unpaired) electrons. The summed E-state index contributed by atoms with van der Waals surface area (Å²) in [5.74, 6) is 0.376. The third-order valence-corrected chi connectivity index (χ3v) is 2.36. The summed E-state index contributed by atoms with van der Waals surface area (Å²) in [6.07, 6.45) is 1.29. The van der Waals surface area contributed by atoms with Crippen molar-refractivity contribution in [2.24, 2.45) is 5.92 Å². The molecule has 0 atom stereocenters. The number of benzene rings is 1. The number of hydrogen-bond acceptors (Lipinski definition) is 2. The van der Waals surface area contributed by atoms with Gasteiger partial charge in [-0.15, -0.1) is 0 Å². The van der Waals surface area contributed by atoms with Crippen molar-refractivity contribution in [1.82, 2.24) is 0 Å². The molecule has 78 valence electrons. The molecule has 0 saturated heterocycles. The van der Waals surface area contributed by atoms with Gasteiger partial charge in [-0.1, -0.05) is 26.0 Å². The second-order valence-electron chi connectivity index (χ2n) is 3.93. The van der Waals surface area contributed by atoms with Crippen molar-refractivity contribution in [2.75, 3.05) is 0 Å². The first-order valence-electron chi connectivity index (χ1n) is 5.15. The van der Waals surface area contributed by atoms with Crippen LogP contribution in [-0.4, -0.2) is 5.78 Å². The van der Waals surface area contributed by atoms with E-state index in [1.54, 1.807) is 6.07 Å². The Morgan fingerprint density at radius 1 is 1.47 bits per heavy atom. The molecule has 0 aliphatic rings. The maximum atomic E-state index is 11.4. The van der Waals surface area contributed by atoms with Gasteiger partial charge in [-0.3, -0.25) is 4.79 Å². The van der Waals surface area contributed by atoms with E-state index in [0.717, 1.165) is 12.0 Å². The van der Waals surface area contributed by atoms with Gasteiger partial charge >= 0.3 is 0 Å². The van der Waals surface area contributed by atoms with E-state index in [0.29, 0.717) is 12.0 Å². The zero-order valence-corrected chi connectivity index (χ0v) is 9.16. The summed E-state index contributed by atoms with van der Waals surface area (Å²) in [6.45, 7) is 3.82. The molecule has 0 spiro atoms. The maximum Gasteiger partial charge on any atom is 0.135 e. The first-order chi connectivity index (χ1) is 7.13. The smallest absolute Gasteiger partial charge is 0.135 e. The molecule has 0 heterocycles. The number of ketones is 1. The molecule has 0 aliphatic heterocycles. The Balaban J connectivity index is 2.59. The Hall–Kier alpha value is -1.62. The fraction of sp³-hybridized carbons (Fsp3) is 0.385. The Bertz CT molecular complexity index is 388. The third-order valence-electron chi connectivity index (χ3n) is 2.36. The van der Waals surface area contributed by atoms with E-state index in [1.807, 2.05) is 32.0 Å². The summed E-state index contributed by atoms with van der Waals surface area (Å²) in [6, 6.07) is 9.51. The second-order valence-corrected chi connectivity index (χ2v) is 3.93. The Morgan fingerprint density at radius 2 is 2.20 bits per heavy atom. The van der Waals surface area contributed by atoms with Gasteiger partial charge in [0.05, 0.1) is 11.6 Å². The van der Waals surface area contributed by atoms with Crippen LogP contribution in [-0.2, 0) is 11.2 Å². The lowest BCUT2D eigenvalue weighted by atomic mass is 10.0. The number of carbonyl (C=O) groups excluding carboxylic acids is 1. The number of aryl methyl sites for hydroxylation is 1. The molecule has 0 bridgehead atoms. The second kappa shape index (κ2) is 5.31. The van der Waals surface area contributed by atoms with Gasteiger partial charge in [0.25, 0.3) is 0 Å². The highest BCUT2D eigenvalue weighted by molar-refractivity contribution is 5.80. The lowest BCUT2D eigenvalue weighted by molar-refractivity contribution is -0.121. The van der Waals surface area contributed by atoms with Crippen LogP contribution >= 0.6 is 0 Å². The highest BCUT2D eigenvalue weighted by Gasteiger charge is 2.07. The van der Waals surface area contributed by atoms with Crippen molar-refractivity contribution in [3.8, 4) is 6.07 Å². The molecule has 15 heavy (non-hydrogen) atoms. The van der Waals surface area contributed by atoms with Crippen molar-refractivity contribution < 1.29 is 4.79 Å². The highest BCUT2D eigenvalue weighted by atomic mass is 16.1. The lowest BCUT2D eigenvalue weighted by Gasteiger charge is -2.04. The van der Waals surface area contributed by atoms with Crippen molar-refractivity contribution in [2.45, 2.75) is 26.7 Å². The summed E-state index contributed by atoms with van der Waals surface area (Å²) < 4.78 is 0. The minimum atomic E-state index is 0.101. The molecule has 1 aromatic carbocycles. The van der Waals surface area contributed by atoms with E-state index in [1.165, 1.54) is 0 Å². The van der Waals surface area contributed by atoms with Crippen molar-refractivity contribution in [1.29, 1.82) is 5.26 Å². The van der Waals surface area contributed by atoms with Gasteiger partial charge in [0.15, 0.2) is 0 Å². The molecule has 0 N–H and O–H groups in total. The van der Waals surface area contributed by atoms with E-state index < -0.39 is 0 Å².